The number of carbonyl (C=O) groups excluding carboxylic acids is 1. The number of nitrogens with two attached hydrogens (primary N) is 1. The molecule has 15 heavy (non-hydrogen) atoms. The zero-order valence-corrected chi connectivity index (χ0v) is 9.19. The highest BCUT2D eigenvalue weighted by Crippen LogP contribution is 2.18. The molecule has 0 spiro atoms. The first kappa shape index (κ1) is 11.7. The fraction of sp³-hybridized carbons (Fsp3) is 0.417. The number of ether oxygens (including phenoxy) is 1. The summed E-state index contributed by atoms with van der Waals surface area (Å²) in [5, 5.41) is 0. The van der Waals surface area contributed by atoms with Gasteiger partial charge in [0.2, 0.25) is 0 Å². The molecule has 0 aromatic heterocycles. The van der Waals surface area contributed by atoms with Crippen LogP contribution in [0.4, 0.5) is 0 Å². The maximum absolute atomic E-state index is 11.2. The summed E-state index contributed by atoms with van der Waals surface area (Å²) in [6.07, 6.45) is 1.01. The molecule has 1 aromatic carbocycles. The summed E-state index contributed by atoms with van der Waals surface area (Å²) in [6.45, 7) is 2.74. The van der Waals surface area contributed by atoms with Crippen molar-refractivity contribution in [3.05, 3.63) is 35.4 Å². The Kier molecular flexibility index (Phi) is 4.31. The monoisotopic (exact) mass is 207 g/mol. The molecule has 82 valence electrons. The van der Waals surface area contributed by atoms with Crippen LogP contribution < -0.4 is 5.73 Å². The van der Waals surface area contributed by atoms with Crippen LogP contribution in [0, 0.1) is 0 Å². The summed E-state index contributed by atoms with van der Waals surface area (Å²) < 4.78 is 4.63. The average molecular weight is 207 g/mol. The molecule has 3 heteroatoms. The van der Waals surface area contributed by atoms with Gasteiger partial charge in [0.1, 0.15) is 0 Å². The third-order valence-corrected chi connectivity index (χ3v) is 2.58. The molecule has 0 bridgehead atoms. The molecule has 0 aliphatic carbocycles. The third kappa shape index (κ3) is 2.80. The van der Waals surface area contributed by atoms with Crippen LogP contribution in [0.1, 0.15) is 35.2 Å². The highest BCUT2D eigenvalue weighted by atomic mass is 16.5. The second-order valence-corrected chi connectivity index (χ2v) is 3.45. The van der Waals surface area contributed by atoms with E-state index in [-0.39, 0.29) is 5.97 Å². The second-order valence-electron chi connectivity index (χ2n) is 3.45. The predicted octanol–water partition coefficient (Wildman–Crippen LogP) is 1.93. The van der Waals surface area contributed by atoms with Gasteiger partial charge in [0.15, 0.2) is 0 Å². The molecular weight excluding hydrogens is 190 g/mol. The Morgan fingerprint density at radius 1 is 1.40 bits per heavy atom. The molecule has 0 aliphatic rings. The van der Waals surface area contributed by atoms with E-state index < -0.39 is 0 Å². The number of rotatable bonds is 4. The van der Waals surface area contributed by atoms with Crippen molar-refractivity contribution in [1.82, 2.24) is 0 Å². The fourth-order valence-electron chi connectivity index (χ4n) is 1.55. The maximum atomic E-state index is 11.2. The van der Waals surface area contributed by atoms with Crippen LogP contribution in [0.3, 0.4) is 0 Å². The van der Waals surface area contributed by atoms with Crippen LogP contribution in [0.25, 0.3) is 0 Å². The summed E-state index contributed by atoms with van der Waals surface area (Å²) in [5.74, 6) is 0.0686. The normalized spacial score (nSPS) is 12.2. The van der Waals surface area contributed by atoms with Gasteiger partial charge < -0.3 is 10.5 Å². The minimum atomic E-state index is -0.303. The van der Waals surface area contributed by atoms with E-state index in [0.717, 1.165) is 6.42 Å². The Labute approximate surface area is 90.2 Å². The quantitative estimate of drug-likeness (QED) is 0.767. The molecule has 1 aromatic rings. The minimum Gasteiger partial charge on any atom is -0.465 e. The van der Waals surface area contributed by atoms with Crippen molar-refractivity contribution in [3.63, 3.8) is 0 Å². The lowest BCUT2D eigenvalue weighted by atomic mass is 9.96. The van der Waals surface area contributed by atoms with Crippen molar-refractivity contribution in [2.75, 3.05) is 13.7 Å². The van der Waals surface area contributed by atoms with Gasteiger partial charge in [-0.15, -0.1) is 0 Å². The first-order chi connectivity index (χ1) is 7.22. The molecule has 3 nitrogen and oxygen atoms in total. The third-order valence-electron chi connectivity index (χ3n) is 2.58. The molecule has 0 heterocycles. The predicted molar refractivity (Wildman–Crippen MR) is 59.9 cm³/mol. The Morgan fingerprint density at radius 2 is 2.00 bits per heavy atom. The SMILES string of the molecule is CC[C@@H](CN)c1ccc(C(=O)OC)cc1. The van der Waals surface area contributed by atoms with E-state index in [4.69, 9.17) is 5.73 Å². The van der Waals surface area contributed by atoms with Gasteiger partial charge in [-0.25, -0.2) is 4.79 Å². The zero-order chi connectivity index (χ0) is 11.3. The largest absolute Gasteiger partial charge is 0.465 e. The van der Waals surface area contributed by atoms with E-state index in [1.165, 1.54) is 12.7 Å². The van der Waals surface area contributed by atoms with Gasteiger partial charge >= 0.3 is 5.97 Å². The van der Waals surface area contributed by atoms with Crippen molar-refractivity contribution >= 4 is 5.97 Å². The maximum Gasteiger partial charge on any atom is 0.337 e. The Hall–Kier alpha value is -1.35. The van der Waals surface area contributed by atoms with Gasteiger partial charge in [-0.2, -0.15) is 0 Å². The molecule has 1 atom stereocenters. The zero-order valence-electron chi connectivity index (χ0n) is 9.19. The van der Waals surface area contributed by atoms with Crippen LogP contribution in [0.2, 0.25) is 0 Å². The molecule has 0 unspecified atom stereocenters. The van der Waals surface area contributed by atoms with Crippen LogP contribution in [-0.2, 0) is 4.74 Å². The molecular formula is C12H17NO2. The number of esters is 1. The lowest BCUT2D eigenvalue weighted by Gasteiger charge is -2.12. The standard InChI is InChI=1S/C12H17NO2/c1-3-9(8-13)10-4-6-11(7-5-10)12(14)15-2/h4-7,9H,3,8,13H2,1-2H3/t9-/m0/s1. The van der Waals surface area contributed by atoms with Gasteiger partial charge in [-0.05, 0) is 36.6 Å². The van der Waals surface area contributed by atoms with Crippen molar-refractivity contribution < 1.29 is 9.53 Å². The van der Waals surface area contributed by atoms with E-state index in [1.807, 2.05) is 12.1 Å². The lowest BCUT2D eigenvalue weighted by Crippen LogP contribution is -2.11. The number of hydrogen-bond donors (Lipinski definition) is 1. The molecule has 2 N–H and O–H groups in total. The van der Waals surface area contributed by atoms with Gasteiger partial charge in [0.05, 0.1) is 12.7 Å². The minimum absolute atomic E-state index is 0.303. The number of carbonyl (C=O) groups is 1. The topological polar surface area (TPSA) is 52.3 Å². The Bertz CT molecular complexity index is 315. The summed E-state index contributed by atoms with van der Waals surface area (Å²) in [7, 11) is 1.38. The molecule has 0 radical (unpaired) electrons. The van der Waals surface area contributed by atoms with Crippen molar-refractivity contribution in [2.45, 2.75) is 19.3 Å². The van der Waals surface area contributed by atoms with Crippen molar-refractivity contribution in [1.29, 1.82) is 0 Å². The number of hydrogen-bond acceptors (Lipinski definition) is 3. The highest BCUT2D eigenvalue weighted by molar-refractivity contribution is 5.89. The molecule has 1 rings (SSSR count). The second kappa shape index (κ2) is 5.51. The Morgan fingerprint density at radius 3 is 2.40 bits per heavy atom. The molecule has 0 aliphatic heterocycles. The van der Waals surface area contributed by atoms with Crippen LogP contribution >= 0.6 is 0 Å². The molecule has 0 fully saturated rings. The van der Waals surface area contributed by atoms with Gasteiger partial charge in [0.25, 0.3) is 0 Å². The van der Waals surface area contributed by atoms with E-state index in [9.17, 15) is 4.79 Å². The first-order valence-electron chi connectivity index (χ1n) is 5.11. The van der Waals surface area contributed by atoms with Gasteiger partial charge in [-0.1, -0.05) is 19.1 Å². The van der Waals surface area contributed by atoms with E-state index in [2.05, 4.69) is 11.7 Å². The lowest BCUT2D eigenvalue weighted by molar-refractivity contribution is 0.0600. The smallest absolute Gasteiger partial charge is 0.337 e. The highest BCUT2D eigenvalue weighted by Gasteiger charge is 2.09. The van der Waals surface area contributed by atoms with E-state index >= 15 is 0 Å². The molecule has 0 saturated heterocycles. The van der Waals surface area contributed by atoms with E-state index in [1.54, 1.807) is 12.1 Å². The fourth-order valence-corrected chi connectivity index (χ4v) is 1.55. The number of benzene rings is 1. The van der Waals surface area contributed by atoms with Crippen LogP contribution in [0.15, 0.2) is 24.3 Å². The van der Waals surface area contributed by atoms with Gasteiger partial charge in [-0.3, -0.25) is 0 Å². The molecule has 0 amide bonds. The summed E-state index contributed by atoms with van der Waals surface area (Å²) in [4.78, 5) is 11.2. The number of methoxy groups -OCH3 is 1. The van der Waals surface area contributed by atoms with Crippen molar-refractivity contribution in [3.8, 4) is 0 Å². The van der Waals surface area contributed by atoms with Crippen molar-refractivity contribution in [2.24, 2.45) is 5.73 Å². The average Bonchev–Trinajstić information content (AvgIpc) is 2.30. The molecule has 0 saturated carbocycles. The van der Waals surface area contributed by atoms with Gasteiger partial charge in [0, 0.05) is 0 Å². The van der Waals surface area contributed by atoms with Crippen LogP contribution in [-0.4, -0.2) is 19.6 Å². The summed E-state index contributed by atoms with van der Waals surface area (Å²) in [5.41, 5.74) is 7.40. The summed E-state index contributed by atoms with van der Waals surface area (Å²) >= 11 is 0. The Balaban J connectivity index is 2.84. The summed E-state index contributed by atoms with van der Waals surface area (Å²) in [6, 6.07) is 7.43. The van der Waals surface area contributed by atoms with E-state index in [0.29, 0.717) is 18.0 Å². The van der Waals surface area contributed by atoms with Crippen LogP contribution in [0.5, 0.6) is 0 Å². The first-order valence-corrected chi connectivity index (χ1v) is 5.11.